The fraction of sp³-hybridized carbons (Fsp3) is 0.857. The third-order valence-corrected chi connectivity index (χ3v) is 2.07. The SMILES string of the molecule is CN1CC(N)C(CC=O)C1. The van der Waals surface area contributed by atoms with E-state index in [0.29, 0.717) is 12.3 Å². The summed E-state index contributed by atoms with van der Waals surface area (Å²) in [5.41, 5.74) is 5.75. The Kier molecular flexibility index (Phi) is 2.40. The minimum Gasteiger partial charge on any atom is -0.326 e. The van der Waals surface area contributed by atoms with Crippen LogP contribution in [0.2, 0.25) is 0 Å². The lowest BCUT2D eigenvalue weighted by Gasteiger charge is -2.08. The van der Waals surface area contributed by atoms with Crippen molar-refractivity contribution in [1.29, 1.82) is 0 Å². The number of nitrogens with two attached hydrogens (primary N) is 1. The van der Waals surface area contributed by atoms with E-state index in [4.69, 9.17) is 5.73 Å². The average Bonchev–Trinajstić information content (AvgIpc) is 2.13. The molecule has 0 spiro atoms. The Labute approximate surface area is 61.2 Å². The number of hydrogen-bond acceptors (Lipinski definition) is 3. The van der Waals surface area contributed by atoms with Gasteiger partial charge in [-0.1, -0.05) is 0 Å². The summed E-state index contributed by atoms with van der Waals surface area (Å²) in [5.74, 6) is 0.391. The summed E-state index contributed by atoms with van der Waals surface area (Å²) in [6, 6.07) is 0.204. The first-order valence-electron chi connectivity index (χ1n) is 3.62. The van der Waals surface area contributed by atoms with Crippen LogP contribution in [0.3, 0.4) is 0 Å². The van der Waals surface area contributed by atoms with Crippen LogP contribution in [-0.4, -0.2) is 37.4 Å². The topological polar surface area (TPSA) is 46.3 Å². The molecule has 2 N–H and O–H groups in total. The number of carbonyl (C=O) groups excluding carboxylic acids is 1. The van der Waals surface area contributed by atoms with Crippen LogP contribution in [0, 0.1) is 5.92 Å². The van der Waals surface area contributed by atoms with Gasteiger partial charge in [-0.05, 0) is 13.0 Å². The molecule has 0 aromatic carbocycles. The van der Waals surface area contributed by atoms with E-state index < -0.39 is 0 Å². The molecule has 1 rings (SSSR count). The van der Waals surface area contributed by atoms with Crippen LogP contribution in [0.1, 0.15) is 6.42 Å². The van der Waals surface area contributed by atoms with E-state index in [1.54, 1.807) is 0 Å². The van der Waals surface area contributed by atoms with Crippen LogP contribution >= 0.6 is 0 Å². The van der Waals surface area contributed by atoms with Gasteiger partial charge in [0.1, 0.15) is 6.29 Å². The van der Waals surface area contributed by atoms with Crippen molar-refractivity contribution in [2.45, 2.75) is 12.5 Å². The smallest absolute Gasteiger partial charge is 0.120 e. The number of hydrogen-bond donors (Lipinski definition) is 1. The number of nitrogens with zero attached hydrogens (tertiary/aromatic N) is 1. The van der Waals surface area contributed by atoms with Crippen molar-refractivity contribution in [2.75, 3.05) is 20.1 Å². The predicted octanol–water partition coefficient (Wildman–Crippen LogP) is -0.536. The van der Waals surface area contributed by atoms with Crippen molar-refractivity contribution in [3.63, 3.8) is 0 Å². The zero-order chi connectivity index (χ0) is 7.56. The summed E-state index contributed by atoms with van der Waals surface area (Å²) < 4.78 is 0. The molecule has 1 aliphatic rings. The van der Waals surface area contributed by atoms with Crippen molar-refractivity contribution >= 4 is 6.29 Å². The second-order valence-electron chi connectivity index (χ2n) is 3.05. The summed E-state index contributed by atoms with van der Waals surface area (Å²) >= 11 is 0. The fourth-order valence-corrected chi connectivity index (χ4v) is 1.49. The number of likely N-dealkylation sites (N-methyl/N-ethyl adjacent to an activating group) is 1. The maximum atomic E-state index is 10.1. The first kappa shape index (κ1) is 7.69. The number of carbonyl (C=O) groups is 1. The Morgan fingerprint density at radius 1 is 1.70 bits per heavy atom. The molecule has 0 aromatic rings. The molecular weight excluding hydrogens is 128 g/mol. The van der Waals surface area contributed by atoms with Crippen LogP contribution in [0.15, 0.2) is 0 Å². The highest BCUT2D eigenvalue weighted by Gasteiger charge is 2.26. The number of rotatable bonds is 2. The molecule has 0 radical (unpaired) electrons. The van der Waals surface area contributed by atoms with Gasteiger partial charge in [0.05, 0.1) is 0 Å². The molecule has 1 aliphatic heterocycles. The standard InChI is InChI=1S/C7H14N2O/c1-9-4-6(2-3-10)7(8)5-9/h3,6-7H,2,4-5,8H2,1H3. The molecule has 3 nitrogen and oxygen atoms in total. The molecule has 0 saturated carbocycles. The Balaban J connectivity index is 2.38. The van der Waals surface area contributed by atoms with E-state index in [0.717, 1.165) is 19.4 Å². The minimum atomic E-state index is 0.204. The van der Waals surface area contributed by atoms with Gasteiger partial charge in [-0.15, -0.1) is 0 Å². The van der Waals surface area contributed by atoms with E-state index in [2.05, 4.69) is 4.90 Å². The highest BCUT2D eigenvalue weighted by Crippen LogP contribution is 2.15. The Bertz CT molecular complexity index is 127. The average molecular weight is 142 g/mol. The van der Waals surface area contributed by atoms with E-state index in [-0.39, 0.29) is 6.04 Å². The minimum absolute atomic E-state index is 0.204. The second kappa shape index (κ2) is 3.12. The van der Waals surface area contributed by atoms with Crippen molar-refractivity contribution < 1.29 is 4.79 Å². The molecule has 1 heterocycles. The van der Waals surface area contributed by atoms with Gasteiger partial charge in [0, 0.05) is 25.6 Å². The van der Waals surface area contributed by atoms with Gasteiger partial charge < -0.3 is 15.4 Å². The summed E-state index contributed by atoms with van der Waals surface area (Å²) in [6.45, 7) is 1.90. The molecule has 58 valence electrons. The lowest BCUT2D eigenvalue weighted by Crippen LogP contribution is -2.29. The van der Waals surface area contributed by atoms with Gasteiger partial charge in [0.15, 0.2) is 0 Å². The molecule has 0 amide bonds. The third kappa shape index (κ3) is 1.55. The molecule has 0 bridgehead atoms. The molecule has 2 atom stereocenters. The lowest BCUT2D eigenvalue weighted by atomic mass is 10.0. The summed E-state index contributed by atoms with van der Waals surface area (Å²) in [5, 5.41) is 0. The van der Waals surface area contributed by atoms with E-state index in [1.165, 1.54) is 0 Å². The third-order valence-electron chi connectivity index (χ3n) is 2.07. The van der Waals surface area contributed by atoms with Crippen molar-refractivity contribution in [3.8, 4) is 0 Å². The predicted molar refractivity (Wildman–Crippen MR) is 39.6 cm³/mol. The summed E-state index contributed by atoms with van der Waals surface area (Å²) in [6.07, 6.45) is 1.58. The van der Waals surface area contributed by atoms with Crippen LogP contribution in [-0.2, 0) is 4.79 Å². The fourth-order valence-electron chi connectivity index (χ4n) is 1.49. The summed E-state index contributed by atoms with van der Waals surface area (Å²) in [4.78, 5) is 12.3. The van der Waals surface area contributed by atoms with Crippen LogP contribution in [0.25, 0.3) is 0 Å². The Morgan fingerprint density at radius 2 is 2.40 bits per heavy atom. The van der Waals surface area contributed by atoms with Gasteiger partial charge in [0.25, 0.3) is 0 Å². The highest BCUT2D eigenvalue weighted by molar-refractivity contribution is 5.50. The molecule has 1 fully saturated rings. The van der Waals surface area contributed by atoms with E-state index >= 15 is 0 Å². The van der Waals surface area contributed by atoms with E-state index in [1.807, 2.05) is 7.05 Å². The maximum Gasteiger partial charge on any atom is 0.120 e. The quantitative estimate of drug-likeness (QED) is 0.527. The zero-order valence-corrected chi connectivity index (χ0v) is 6.29. The maximum absolute atomic E-state index is 10.1. The van der Waals surface area contributed by atoms with Crippen LogP contribution in [0.4, 0.5) is 0 Å². The van der Waals surface area contributed by atoms with Crippen LogP contribution < -0.4 is 5.73 Å². The van der Waals surface area contributed by atoms with E-state index in [9.17, 15) is 4.79 Å². The first-order valence-corrected chi connectivity index (χ1v) is 3.62. The number of likely N-dealkylation sites (tertiary alicyclic amines) is 1. The lowest BCUT2D eigenvalue weighted by molar-refractivity contribution is -0.108. The van der Waals surface area contributed by atoms with Gasteiger partial charge in [-0.2, -0.15) is 0 Å². The molecule has 2 unspecified atom stereocenters. The van der Waals surface area contributed by atoms with Crippen LogP contribution in [0.5, 0.6) is 0 Å². The second-order valence-corrected chi connectivity index (χ2v) is 3.05. The van der Waals surface area contributed by atoms with Crippen molar-refractivity contribution in [3.05, 3.63) is 0 Å². The summed E-state index contributed by atoms with van der Waals surface area (Å²) in [7, 11) is 2.03. The largest absolute Gasteiger partial charge is 0.326 e. The normalized spacial score (nSPS) is 34.6. The van der Waals surface area contributed by atoms with Gasteiger partial charge >= 0.3 is 0 Å². The highest BCUT2D eigenvalue weighted by atomic mass is 16.1. The molecule has 10 heavy (non-hydrogen) atoms. The van der Waals surface area contributed by atoms with Gasteiger partial charge in [-0.25, -0.2) is 0 Å². The van der Waals surface area contributed by atoms with Crippen molar-refractivity contribution in [1.82, 2.24) is 4.90 Å². The first-order chi connectivity index (χ1) is 4.74. The van der Waals surface area contributed by atoms with Gasteiger partial charge in [-0.3, -0.25) is 0 Å². The molecule has 0 aliphatic carbocycles. The molecule has 3 heteroatoms. The Hall–Kier alpha value is -0.410. The molecular formula is C7H14N2O. The van der Waals surface area contributed by atoms with Gasteiger partial charge in [0.2, 0.25) is 0 Å². The van der Waals surface area contributed by atoms with Crippen molar-refractivity contribution in [2.24, 2.45) is 11.7 Å². The molecule has 1 saturated heterocycles. The molecule has 0 aromatic heterocycles. The monoisotopic (exact) mass is 142 g/mol. The Morgan fingerprint density at radius 3 is 2.80 bits per heavy atom. The zero-order valence-electron chi connectivity index (χ0n) is 6.29. The number of aldehydes is 1.